The molecular weight excluding hydrogens is 354 g/mol. The van der Waals surface area contributed by atoms with Gasteiger partial charge in [-0.3, -0.25) is 14.5 Å². The SMILES string of the molecule is Cc1ccc(C2(C)NC(=O)N(CC(=O)NCCCCCCC(C)C)C2=O)cc1. The lowest BCUT2D eigenvalue weighted by molar-refractivity contribution is -0.134. The summed E-state index contributed by atoms with van der Waals surface area (Å²) >= 11 is 0. The van der Waals surface area contributed by atoms with Crippen molar-refractivity contribution in [2.24, 2.45) is 5.92 Å². The number of imide groups is 1. The second kappa shape index (κ2) is 9.71. The summed E-state index contributed by atoms with van der Waals surface area (Å²) < 4.78 is 0. The first kappa shape index (κ1) is 21.9. The van der Waals surface area contributed by atoms with E-state index in [2.05, 4.69) is 24.5 Å². The Morgan fingerprint density at radius 1 is 1.11 bits per heavy atom. The number of rotatable bonds is 10. The van der Waals surface area contributed by atoms with E-state index in [1.165, 1.54) is 12.8 Å². The number of unbranched alkanes of at least 4 members (excludes halogenated alkanes) is 3. The summed E-state index contributed by atoms with van der Waals surface area (Å²) in [7, 11) is 0. The van der Waals surface area contributed by atoms with Gasteiger partial charge in [-0.25, -0.2) is 4.79 Å². The molecule has 1 aromatic carbocycles. The molecule has 1 unspecified atom stereocenters. The number of aryl methyl sites for hydroxylation is 1. The van der Waals surface area contributed by atoms with Crippen LogP contribution in [-0.4, -0.2) is 35.8 Å². The first-order valence-corrected chi connectivity index (χ1v) is 10.2. The predicted molar refractivity (Wildman–Crippen MR) is 110 cm³/mol. The van der Waals surface area contributed by atoms with Crippen LogP contribution in [0.4, 0.5) is 4.79 Å². The monoisotopic (exact) mass is 387 g/mol. The summed E-state index contributed by atoms with van der Waals surface area (Å²) in [5.41, 5.74) is 0.645. The van der Waals surface area contributed by atoms with Gasteiger partial charge in [0.05, 0.1) is 0 Å². The number of urea groups is 1. The largest absolute Gasteiger partial charge is 0.355 e. The lowest BCUT2D eigenvalue weighted by Crippen LogP contribution is -2.43. The Bertz CT molecular complexity index is 699. The summed E-state index contributed by atoms with van der Waals surface area (Å²) in [6, 6.07) is 6.93. The minimum atomic E-state index is -1.14. The van der Waals surface area contributed by atoms with Crippen molar-refractivity contribution in [2.75, 3.05) is 13.1 Å². The topological polar surface area (TPSA) is 78.5 Å². The molecule has 1 saturated heterocycles. The Hall–Kier alpha value is -2.37. The average Bonchev–Trinajstić information content (AvgIpc) is 2.85. The minimum absolute atomic E-state index is 0.251. The van der Waals surface area contributed by atoms with Gasteiger partial charge in [0.25, 0.3) is 5.91 Å². The molecule has 0 bridgehead atoms. The van der Waals surface area contributed by atoms with Crippen molar-refractivity contribution in [1.82, 2.24) is 15.5 Å². The van der Waals surface area contributed by atoms with E-state index in [4.69, 9.17) is 0 Å². The van der Waals surface area contributed by atoms with E-state index < -0.39 is 17.5 Å². The van der Waals surface area contributed by atoms with Gasteiger partial charge in [0.15, 0.2) is 0 Å². The highest BCUT2D eigenvalue weighted by Crippen LogP contribution is 2.28. The van der Waals surface area contributed by atoms with E-state index >= 15 is 0 Å². The molecule has 0 spiro atoms. The molecular formula is C22H33N3O3. The highest BCUT2D eigenvalue weighted by atomic mass is 16.2. The Labute approximate surface area is 168 Å². The minimum Gasteiger partial charge on any atom is -0.355 e. The summed E-state index contributed by atoms with van der Waals surface area (Å²) in [5.74, 6) is 0.0264. The van der Waals surface area contributed by atoms with E-state index in [0.717, 1.165) is 35.6 Å². The highest BCUT2D eigenvalue weighted by Gasteiger charge is 2.49. The zero-order chi connectivity index (χ0) is 20.7. The van der Waals surface area contributed by atoms with Crippen LogP contribution in [0, 0.1) is 12.8 Å². The van der Waals surface area contributed by atoms with Gasteiger partial charge in [-0.15, -0.1) is 0 Å². The molecule has 2 rings (SSSR count). The molecule has 6 nitrogen and oxygen atoms in total. The average molecular weight is 388 g/mol. The molecule has 1 atom stereocenters. The van der Waals surface area contributed by atoms with E-state index in [1.807, 2.05) is 31.2 Å². The molecule has 1 aliphatic heterocycles. The van der Waals surface area contributed by atoms with Crippen LogP contribution in [0.2, 0.25) is 0 Å². The van der Waals surface area contributed by atoms with Crippen LogP contribution in [0.5, 0.6) is 0 Å². The molecule has 1 aliphatic rings. The molecule has 0 saturated carbocycles. The van der Waals surface area contributed by atoms with Crippen molar-refractivity contribution in [3.63, 3.8) is 0 Å². The highest BCUT2D eigenvalue weighted by molar-refractivity contribution is 6.09. The summed E-state index contributed by atoms with van der Waals surface area (Å²) in [4.78, 5) is 38.3. The molecule has 6 heteroatoms. The molecule has 0 aliphatic carbocycles. The van der Waals surface area contributed by atoms with Crippen LogP contribution in [0.1, 0.15) is 64.0 Å². The summed E-state index contributed by atoms with van der Waals surface area (Å²) in [5, 5.41) is 5.54. The second-order valence-corrected chi connectivity index (χ2v) is 8.26. The fourth-order valence-electron chi connectivity index (χ4n) is 3.38. The van der Waals surface area contributed by atoms with Crippen molar-refractivity contribution in [3.8, 4) is 0 Å². The number of nitrogens with zero attached hydrogens (tertiary/aromatic N) is 1. The Balaban J connectivity index is 1.80. The fraction of sp³-hybridized carbons (Fsp3) is 0.591. The zero-order valence-electron chi connectivity index (χ0n) is 17.5. The van der Waals surface area contributed by atoms with Crippen molar-refractivity contribution in [3.05, 3.63) is 35.4 Å². The first-order chi connectivity index (χ1) is 13.2. The van der Waals surface area contributed by atoms with Crippen LogP contribution < -0.4 is 10.6 Å². The normalized spacial score (nSPS) is 19.2. The molecule has 1 heterocycles. The molecule has 1 aromatic rings. The fourth-order valence-corrected chi connectivity index (χ4v) is 3.38. The summed E-state index contributed by atoms with van der Waals surface area (Å²) in [6.45, 7) is 8.40. The third-order valence-corrected chi connectivity index (χ3v) is 5.24. The van der Waals surface area contributed by atoms with Gasteiger partial charge in [-0.1, -0.05) is 69.4 Å². The van der Waals surface area contributed by atoms with Gasteiger partial charge in [0.2, 0.25) is 5.91 Å². The lowest BCUT2D eigenvalue weighted by Gasteiger charge is -2.22. The number of hydrogen-bond donors (Lipinski definition) is 2. The quantitative estimate of drug-likeness (QED) is 0.476. The maximum absolute atomic E-state index is 12.8. The first-order valence-electron chi connectivity index (χ1n) is 10.2. The van der Waals surface area contributed by atoms with E-state index in [-0.39, 0.29) is 12.5 Å². The van der Waals surface area contributed by atoms with Crippen LogP contribution in [-0.2, 0) is 15.1 Å². The lowest BCUT2D eigenvalue weighted by atomic mass is 9.91. The number of nitrogens with one attached hydrogen (secondary N) is 2. The number of carbonyl (C=O) groups excluding carboxylic acids is 3. The standard InChI is InChI=1S/C22H33N3O3/c1-16(2)9-7-5-6-8-14-23-19(26)15-25-20(27)22(4,24-21(25)28)18-12-10-17(3)11-13-18/h10-13,16H,5-9,14-15H2,1-4H3,(H,23,26)(H,24,28). The Kier molecular flexibility index (Phi) is 7.61. The number of benzene rings is 1. The molecule has 4 amide bonds. The van der Waals surface area contributed by atoms with E-state index in [9.17, 15) is 14.4 Å². The molecule has 1 fully saturated rings. The maximum Gasteiger partial charge on any atom is 0.325 e. The number of hydrogen-bond acceptors (Lipinski definition) is 3. The molecule has 0 radical (unpaired) electrons. The van der Waals surface area contributed by atoms with Crippen LogP contribution in [0.3, 0.4) is 0 Å². The van der Waals surface area contributed by atoms with Crippen LogP contribution in [0.15, 0.2) is 24.3 Å². The third kappa shape index (κ3) is 5.57. The van der Waals surface area contributed by atoms with Crippen molar-refractivity contribution < 1.29 is 14.4 Å². The van der Waals surface area contributed by atoms with E-state index in [1.54, 1.807) is 6.92 Å². The van der Waals surface area contributed by atoms with E-state index in [0.29, 0.717) is 12.1 Å². The second-order valence-electron chi connectivity index (χ2n) is 8.26. The van der Waals surface area contributed by atoms with Crippen molar-refractivity contribution in [2.45, 2.75) is 65.3 Å². The van der Waals surface area contributed by atoms with Crippen LogP contribution in [0.25, 0.3) is 0 Å². The van der Waals surface area contributed by atoms with Gasteiger partial charge >= 0.3 is 6.03 Å². The Morgan fingerprint density at radius 2 is 1.75 bits per heavy atom. The van der Waals surface area contributed by atoms with Gasteiger partial charge in [0.1, 0.15) is 12.1 Å². The van der Waals surface area contributed by atoms with Crippen LogP contribution >= 0.6 is 0 Å². The zero-order valence-corrected chi connectivity index (χ0v) is 17.5. The molecule has 28 heavy (non-hydrogen) atoms. The molecule has 154 valence electrons. The molecule has 0 aromatic heterocycles. The third-order valence-electron chi connectivity index (χ3n) is 5.24. The molecule has 2 N–H and O–H groups in total. The number of amides is 4. The van der Waals surface area contributed by atoms with Crippen molar-refractivity contribution >= 4 is 17.8 Å². The maximum atomic E-state index is 12.8. The smallest absolute Gasteiger partial charge is 0.325 e. The number of carbonyl (C=O) groups is 3. The van der Waals surface area contributed by atoms with Gasteiger partial charge in [-0.2, -0.15) is 0 Å². The predicted octanol–water partition coefficient (Wildman–Crippen LogP) is 3.48. The van der Waals surface area contributed by atoms with Crippen molar-refractivity contribution in [1.29, 1.82) is 0 Å². The van der Waals surface area contributed by atoms with Gasteiger partial charge in [-0.05, 0) is 31.7 Å². The van der Waals surface area contributed by atoms with Gasteiger partial charge in [0, 0.05) is 6.54 Å². The summed E-state index contributed by atoms with van der Waals surface area (Å²) in [6.07, 6.45) is 5.59. The van der Waals surface area contributed by atoms with Gasteiger partial charge < -0.3 is 10.6 Å². The Morgan fingerprint density at radius 3 is 2.39 bits per heavy atom.